The number of rotatable bonds is 4. The number of nitrogens with zero attached hydrogens (tertiary/aromatic N) is 1. The van der Waals surface area contributed by atoms with E-state index in [0.717, 1.165) is 0 Å². The molecule has 0 radical (unpaired) electrons. The molecule has 0 spiro atoms. The third-order valence-electron chi connectivity index (χ3n) is 1.17. The first-order valence-corrected chi connectivity index (χ1v) is 4.01. The van der Waals surface area contributed by atoms with Gasteiger partial charge in [0.25, 0.3) is 0 Å². The first-order chi connectivity index (χ1) is 6.06. The van der Waals surface area contributed by atoms with Gasteiger partial charge in [-0.25, -0.2) is 4.99 Å². The van der Waals surface area contributed by atoms with Gasteiger partial charge in [0.15, 0.2) is 0 Å². The van der Waals surface area contributed by atoms with E-state index in [9.17, 15) is 4.79 Å². The van der Waals surface area contributed by atoms with Crippen LogP contribution < -0.4 is 11.1 Å². The van der Waals surface area contributed by atoms with Crippen molar-refractivity contribution in [2.75, 3.05) is 0 Å². The Bertz CT molecular complexity index is 250. The molecule has 0 atom stereocenters. The molecule has 0 heterocycles. The smallest absolute Gasteiger partial charge is 0.225 e. The Labute approximate surface area is 78.2 Å². The van der Waals surface area contributed by atoms with Gasteiger partial charge < -0.3 is 11.1 Å². The Morgan fingerprint density at radius 1 is 1.69 bits per heavy atom. The zero-order valence-electron chi connectivity index (χ0n) is 8.00. The number of carbonyl (C=O) groups excluding carboxylic acids is 1. The lowest BCUT2D eigenvalue weighted by Gasteiger charge is -1.99. The van der Waals surface area contributed by atoms with E-state index in [0.29, 0.717) is 17.9 Å². The second-order valence-corrected chi connectivity index (χ2v) is 2.54. The summed E-state index contributed by atoms with van der Waals surface area (Å²) in [4.78, 5) is 14.7. The van der Waals surface area contributed by atoms with Crippen molar-refractivity contribution >= 4 is 12.1 Å². The summed E-state index contributed by atoms with van der Waals surface area (Å²) in [6, 6.07) is 0. The van der Waals surface area contributed by atoms with Crippen LogP contribution in [0.25, 0.3) is 0 Å². The number of aliphatic imine (C=N–C) groups is 1. The summed E-state index contributed by atoms with van der Waals surface area (Å²) < 4.78 is 0. The van der Waals surface area contributed by atoms with Gasteiger partial charge in [0.2, 0.25) is 5.91 Å². The van der Waals surface area contributed by atoms with Crippen molar-refractivity contribution in [1.29, 1.82) is 0 Å². The molecule has 0 saturated carbocycles. The number of hydrogen-bond acceptors (Lipinski definition) is 3. The number of nitrogens with one attached hydrogen (secondary N) is 1. The van der Waals surface area contributed by atoms with Crippen molar-refractivity contribution in [3.63, 3.8) is 0 Å². The van der Waals surface area contributed by atoms with Gasteiger partial charge in [-0.15, -0.1) is 0 Å². The van der Waals surface area contributed by atoms with Gasteiger partial charge in [-0.3, -0.25) is 4.79 Å². The van der Waals surface area contributed by atoms with Crippen LogP contribution in [0.3, 0.4) is 0 Å². The van der Waals surface area contributed by atoms with Gasteiger partial charge in [0, 0.05) is 18.3 Å². The second-order valence-electron chi connectivity index (χ2n) is 2.54. The fraction of sp³-hybridized carbons (Fsp3) is 0.333. The molecule has 0 rings (SSSR count). The molecule has 3 N–H and O–H groups in total. The SMILES string of the molecule is C=C(N=C/C=C(/C)N)NC(=O)CC. The number of hydrogen-bond donors (Lipinski definition) is 2. The fourth-order valence-electron chi connectivity index (χ4n) is 0.526. The lowest BCUT2D eigenvalue weighted by Crippen LogP contribution is -2.19. The van der Waals surface area contributed by atoms with E-state index in [4.69, 9.17) is 5.73 Å². The van der Waals surface area contributed by atoms with Crippen LogP contribution in [0.1, 0.15) is 20.3 Å². The predicted octanol–water partition coefficient (Wildman–Crippen LogP) is 0.917. The average molecular weight is 181 g/mol. The van der Waals surface area contributed by atoms with Crippen molar-refractivity contribution in [2.24, 2.45) is 10.7 Å². The first-order valence-electron chi connectivity index (χ1n) is 4.01. The molecular weight excluding hydrogens is 166 g/mol. The highest BCUT2D eigenvalue weighted by atomic mass is 16.1. The Balaban J connectivity index is 3.95. The summed E-state index contributed by atoms with van der Waals surface area (Å²) in [5, 5.41) is 2.50. The minimum atomic E-state index is -0.101. The van der Waals surface area contributed by atoms with Gasteiger partial charge in [-0.05, 0) is 13.0 Å². The first kappa shape index (κ1) is 11.4. The molecule has 0 saturated heterocycles. The normalized spacial score (nSPS) is 11.7. The molecule has 72 valence electrons. The molecule has 13 heavy (non-hydrogen) atoms. The molecular formula is C9H15N3O. The molecule has 0 fully saturated rings. The van der Waals surface area contributed by atoms with Crippen LogP contribution in [0, 0.1) is 0 Å². The van der Waals surface area contributed by atoms with E-state index >= 15 is 0 Å². The largest absolute Gasteiger partial charge is 0.402 e. The van der Waals surface area contributed by atoms with Gasteiger partial charge in [-0.1, -0.05) is 13.5 Å². The van der Waals surface area contributed by atoms with E-state index in [1.807, 2.05) is 0 Å². The Hall–Kier alpha value is -1.58. The summed E-state index contributed by atoms with van der Waals surface area (Å²) in [5.41, 5.74) is 6.01. The maximum absolute atomic E-state index is 10.8. The second kappa shape index (κ2) is 5.99. The third-order valence-corrected chi connectivity index (χ3v) is 1.17. The quantitative estimate of drug-likeness (QED) is 0.633. The monoisotopic (exact) mass is 181 g/mol. The number of allylic oxidation sites excluding steroid dienone is 2. The van der Waals surface area contributed by atoms with E-state index in [1.54, 1.807) is 19.9 Å². The Morgan fingerprint density at radius 3 is 2.77 bits per heavy atom. The topological polar surface area (TPSA) is 67.5 Å². The molecule has 0 bridgehead atoms. The van der Waals surface area contributed by atoms with Gasteiger partial charge in [-0.2, -0.15) is 0 Å². The summed E-state index contributed by atoms with van der Waals surface area (Å²) in [6.45, 7) is 7.05. The maximum Gasteiger partial charge on any atom is 0.225 e. The van der Waals surface area contributed by atoms with Crippen LogP contribution in [0.15, 0.2) is 29.2 Å². The minimum absolute atomic E-state index is 0.101. The Morgan fingerprint density at radius 2 is 2.31 bits per heavy atom. The van der Waals surface area contributed by atoms with Crippen LogP contribution in [-0.2, 0) is 4.79 Å². The molecule has 0 unspecified atom stereocenters. The van der Waals surface area contributed by atoms with Crippen molar-refractivity contribution in [2.45, 2.75) is 20.3 Å². The zero-order chi connectivity index (χ0) is 10.3. The van der Waals surface area contributed by atoms with Gasteiger partial charge >= 0.3 is 0 Å². The average Bonchev–Trinajstić information content (AvgIpc) is 2.03. The third kappa shape index (κ3) is 6.80. The summed E-state index contributed by atoms with van der Waals surface area (Å²) in [7, 11) is 0. The van der Waals surface area contributed by atoms with Crippen molar-refractivity contribution in [1.82, 2.24) is 5.32 Å². The minimum Gasteiger partial charge on any atom is -0.402 e. The highest BCUT2D eigenvalue weighted by molar-refractivity contribution is 5.78. The van der Waals surface area contributed by atoms with E-state index in [-0.39, 0.29) is 5.91 Å². The molecule has 4 heteroatoms. The van der Waals surface area contributed by atoms with E-state index < -0.39 is 0 Å². The van der Waals surface area contributed by atoms with Crippen LogP contribution in [0.2, 0.25) is 0 Å². The summed E-state index contributed by atoms with van der Waals surface area (Å²) >= 11 is 0. The van der Waals surface area contributed by atoms with Crippen LogP contribution >= 0.6 is 0 Å². The standard InChI is InChI=1S/C9H15N3O/c1-4-9(13)12-8(3)11-6-5-7(2)10/h5-6H,3-4,10H2,1-2H3,(H,12,13)/b7-5-,11-6?. The van der Waals surface area contributed by atoms with Crippen LogP contribution in [0.5, 0.6) is 0 Å². The van der Waals surface area contributed by atoms with E-state index in [1.165, 1.54) is 6.21 Å². The molecule has 0 aromatic heterocycles. The lowest BCUT2D eigenvalue weighted by atomic mass is 10.4. The van der Waals surface area contributed by atoms with Crippen molar-refractivity contribution in [3.8, 4) is 0 Å². The molecule has 0 aromatic carbocycles. The lowest BCUT2D eigenvalue weighted by molar-refractivity contribution is -0.120. The zero-order valence-corrected chi connectivity index (χ0v) is 8.00. The highest BCUT2D eigenvalue weighted by Crippen LogP contribution is 1.87. The highest BCUT2D eigenvalue weighted by Gasteiger charge is 1.95. The van der Waals surface area contributed by atoms with Crippen molar-refractivity contribution in [3.05, 3.63) is 24.2 Å². The van der Waals surface area contributed by atoms with Crippen LogP contribution in [-0.4, -0.2) is 12.1 Å². The van der Waals surface area contributed by atoms with E-state index in [2.05, 4.69) is 16.9 Å². The van der Waals surface area contributed by atoms with Crippen LogP contribution in [0.4, 0.5) is 0 Å². The molecule has 0 aliphatic heterocycles. The maximum atomic E-state index is 10.8. The van der Waals surface area contributed by atoms with Gasteiger partial charge in [0.1, 0.15) is 5.82 Å². The fourth-order valence-corrected chi connectivity index (χ4v) is 0.526. The number of carbonyl (C=O) groups is 1. The molecule has 4 nitrogen and oxygen atoms in total. The summed E-state index contributed by atoms with van der Waals surface area (Å²) in [5.74, 6) is 0.222. The molecule has 0 aliphatic carbocycles. The number of amides is 1. The molecule has 1 amide bonds. The predicted molar refractivity (Wildman–Crippen MR) is 54.0 cm³/mol. The Kier molecular flexibility index (Phi) is 5.27. The molecule has 0 aromatic rings. The molecule has 0 aliphatic rings. The van der Waals surface area contributed by atoms with Crippen molar-refractivity contribution < 1.29 is 4.79 Å². The summed E-state index contributed by atoms with van der Waals surface area (Å²) in [6.07, 6.45) is 3.54. The van der Waals surface area contributed by atoms with Gasteiger partial charge in [0.05, 0.1) is 0 Å². The number of nitrogens with two attached hydrogens (primary N) is 1.